The van der Waals surface area contributed by atoms with Crippen molar-refractivity contribution in [2.45, 2.75) is 13.8 Å². The van der Waals surface area contributed by atoms with Crippen LogP contribution in [-0.4, -0.2) is 9.38 Å². The van der Waals surface area contributed by atoms with Crippen molar-refractivity contribution < 1.29 is 4.39 Å². The molecule has 3 nitrogen and oxygen atoms in total. The minimum Gasteiger partial charge on any atom is -0.352 e. The van der Waals surface area contributed by atoms with E-state index in [4.69, 9.17) is 0 Å². The Labute approximate surface area is 110 Å². The maximum absolute atomic E-state index is 13.6. The van der Waals surface area contributed by atoms with E-state index in [1.807, 2.05) is 32.0 Å². The molecule has 2 heterocycles. The third kappa shape index (κ3) is 1.95. The molecule has 0 aliphatic carbocycles. The highest BCUT2D eigenvalue weighted by molar-refractivity contribution is 5.76. The van der Waals surface area contributed by atoms with Gasteiger partial charge in [0, 0.05) is 18.1 Å². The van der Waals surface area contributed by atoms with Gasteiger partial charge in [0.2, 0.25) is 0 Å². The zero-order valence-electron chi connectivity index (χ0n) is 10.8. The van der Waals surface area contributed by atoms with Gasteiger partial charge in [-0.1, -0.05) is 18.2 Å². The van der Waals surface area contributed by atoms with Gasteiger partial charge in [0.05, 0.1) is 5.69 Å². The predicted octanol–water partition coefficient (Wildman–Crippen LogP) is 3.83. The van der Waals surface area contributed by atoms with E-state index >= 15 is 0 Å². The lowest BCUT2D eigenvalue weighted by Gasteiger charge is -2.13. The maximum atomic E-state index is 13.6. The molecular formula is C15H14FN3. The summed E-state index contributed by atoms with van der Waals surface area (Å²) < 4.78 is 15.0. The number of rotatable bonds is 2. The molecule has 0 aliphatic heterocycles. The average Bonchev–Trinajstić information content (AvgIpc) is 2.87. The lowest BCUT2D eigenvalue weighted by molar-refractivity contribution is 0.568. The van der Waals surface area contributed by atoms with Crippen LogP contribution in [0.4, 0.5) is 15.8 Å². The molecule has 1 N–H and O–H groups in total. The summed E-state index contributed by atoms with van der Waals surface area (Å²) in [5.74, 6) is -0.320. The first-order chi connectivity index (χ1) is 9.16. The van der Waals surface area contributed by atoms with Gasteiger partial charge in [-0.25, -0.2) is 4.98 Å². The Morgan fingerprint density at radius 2 is 1.84 bits per heavy atom. The first kappa shape index (κ1) is 11.7. The number of aromatic nitrogens is 2. The summed E-state index contributed by atoms with van der Waals surface area (Å²) in [6, 6.07) is 9.25. The first-order valence-electron chi connectivity index (χ1n) is 6.11. The third-order valence-electron chi connectivity index (χ3n) is 3.24. The minimum absolute atomic E-state index is 0.320. The summed E-state index contributed by atoms with van der Waals surface area (Å²) in [7, 11) is 0. The van der Waals surface area contributed by atoms with E-state index in [2.05, 4.69) is 10.3 Å². The third-order valence-corrected chi connectivity index (χ3v) is 3.24. The monoisotopic (exact) mass is 255 g/mol. The molecule has 0 aliphatic rings. The van der Waals surface area contributed by atoms with Crippen LogP contribution in [0, 0.1) is 19.8 Å². The normalized spacial score (nSPS) is 10.9. The molecule has 0 fully saturated rings. The van der Waals surface area contributed by atoms with Crippen molar-refractivity contribution in [3.05, 3.63) is 59.8 Å². The van der Waals surface area contributed by atoms with E-state index in [0.717, 1.165) is 22.5 Å². The zero-order chi connectivity index (χ0) is 13.4. The summed E-state index contributed by atoms with van der Waals surface area (Å²) in [5, 5.41) is 3.35. The van der Waals surface area contributed by atoms with Crippen molar-refractivity contribution in [2.75, 3.05) is 5.32 Å². The second kappa shape index (κ2) is 4.39. The number of imidazole rings is 1. The fourth-order valence-electron chi connectivity index (χ4n) is 2.23. The van der Waals surface area contributed by atoms with E-state index < -0.39 is 0 Å². The number of halogens is 1. The molecule has 0 amide bonds. The SMILES string of the molecule is Cc1cccc(C)c1Nc1ccc(F)n2ccnc12. The minimum atomic E-state index is -0.320. The molecule has 3 rings (SSSR count). The molecule has 0 saturated heterocycles. The molecule has 0 radical (unpaired) electrons. The Hall–Kier alpha value is -2.36. The van der Waals surface area contributed by atoms with Crippen molar-refractivity contribution in [1.82, 2.24) is 9.38 Å². The van der Waals surface area contributed by atoms with Crippen molar-refractivity contribution in [1.29, 1.82) is 0 Å². The molecule has 0 atom stereocenters. The van der Waals surface area contributed by atoms with Crippen LogP contribution < -0.4 is 5.32 Å². The zero-order valence-corrected chi connectivity index (χ0v) is 10.8. The van der Waals surface area contributed by atoms with E-state index in [0.29, 0.717) is 5.65 Å². The molecule has 2 aromatic heterocycles. The lowest BCUT2D eigenvalue weighted by atomic mass is 10.1. The van der Waals surface area contributed by atoms with E-state index in [-0.39, 0.29) is 5.95 Å². The highest BCUT2D eigenvalue weighted by Gasteiger charge is 2.09. The van der Waals surface area contributed by atoms with Gasteiger partial charge in [-0.3, -0.25) is 4.40 Å². The number of hydrogen-bond acceptors (Lipinski definition) is 2. The summed E-state index contributed by atoms with van der Waals surface area (Å²) >= 11 is 0. The number of benzene rings is 1. The van der Waals surface area contributed by atoms with Crippen molar-refractivity contribution in [3.8, 4) is 0 Å². The summed E-state index contributed by atoms with van der Waals surface area (Å²) in [4.78, 5) is 4.20. The Morgan fingerprint density at radius 3 is 2.58 bits per heavy atom. The highest BCUT2D eigenvalue weighted by Crippen LogP contribution is 2.26. The lowest BCUT2D eigenvalue weighted by Crippen LogP contribution is -2.00. The largest absolute Gasteiger partial charge is 0.352 e. The smallest absolute Gasteiger partial charge is 0.199 e. The Kier molecular flexibility index (Phi) is 2.71. The van der Waals surface area contributed by atoms with Crippen molar-refractivity contribution >= 4 is 17.0 Å². The molecule has 4 heteroatoms. The molecule has 96 valence electrons. The average molecular weight is 255 g/mol. The van der Waals surface area contributed by atoms with Gasteiger partial charge in [-0.2, -0.15) is 4.39 Å². The van der Waals surface area contributed by atoms with Gasteiger partial charge in [0.1, 0.15) is 0 Å². The Morgan fingerprint density at radius 1 is 1.11 bits per heavy atom. The number of fused-ring (bicyclic) bond motifs is 1. The highest BCUT2D eigenvalue weighted by atomic mass is 19.1. The topological polar surface area (TPSA) is 29.3 Å². The first-order valence-corrected chi connectivity index (χ1v) is 6.11. The van der Waals surface area contributed by atoms with Crippen LogP contribution >= 0.6 is 0 Å². The van der Waals surface area contributed by atoms with Gasteiger partial charge in [-0.05, 0) is 37.1 Å². The molecule has 3 aromatic rings. The number of nitrogens with zero attached hydrogens (tertiary/aromatic N) is 2. The summed E-state index contributed by atoms with van der Waals surface area (Å²) in [6.07, 6.45) is 3.20. The molecular weight excluding hydrogens is 241 g/mol. The molecule has 0 bridgehead atoms. The van der Waals surface area contributed by atoms with Crippen molar-refractivity contribution in [2.24, 2.45) is 0 Å². The van der Waals surface area contributed by atoms with Crippen LogP contribution in [0.3, 0.4) is 0 Å². The Balaban J connectivity index is 2.11. The van der Waals surface area contributed by atoms with Crippen LogP contribution in [0.1, 0.15) is 11.1 Å². The van der Waals surface area contributed by atoms with Crippen LogP contribution in [0.15, 0.2) is 42.7 Å². The maximum Gasteiger partial charge on any atom is 0.199 e. The number of nitrogens with one attached hydrogen (secondary N) is 1. The van der Waals surface area contributed by atoms with Gasteiger partial charge in [0.25, 0.3) is 0 Å². The number of aryl methyl sites for hydroxylation is 2. The molecule has 0 unspecified atom stereocenters. The number of hydrogen-bond donors (Lipinski definition) is 1. The van der Waals surface area contributed by atoms with Gasteiger partial charge >= 0.3 is 0 Å². The molecule has 0 saturated carbocycles. The second-order valence-corrected chi connectivity index (χ2v) is 4.58. The van der Waals surface area contributed by atoms with Crippen LogP contribution in [0.25, 0.3) is 5.65 Å². The number of para-hydroxylation sites is 1. The quantitative estimate of drug-likeness (QED) is 0.705. The Bertz CT molecular complexity index is 726. The fourth-order valence-corrected chi connectivity index (χ4v) is 2.23. The fraction of sp³-hybridized carbons (Fsp3) is 0.133. The number of pyridine rings is 1. The van der Waals surface area contributed by atoms with Gasteiger partial charge in [0.15, 0.2) is 11.6 Å². The second-order valence-electron chi connectivity index (χ2n) is 4.58. The van der Waals surface area contributed by atoms with Crippen molar-refractivity contribution in [3.63, 3.8) is 0 Å². The summed E-state index contributed by atoms with van der Waals surface area (Å²) in [6.45, 7) is 4.09. The predicted molar refractivity (Wildman–Crippen MR) is 74.3 cm³/mol. The van der Waals surface area contributed by atoms with Gasteiger partial charge < -0.3 is 5.32 Å². The van der Waals surface area contributed by atoms with Crippen LogP contribution in [0.2, 0.25) is 0 Å². The van der Waals surface area contributed by atoms with E-state index in [1.54, 1.807) is 18.5 Å². The van der Waals surface area contributed by atoms with Gasteiger partial charge in [-0.15, -0.1) is 0 Å². The number of anilines is 2. The summed E-state index contributed by atoms with van der Waals surface area (Å²) in [5.41, 5.74) is 4.72. The molecule has 0 spiro atoms. The van der Waals surface area contributed by atoms with Crippen LogP contribution in [-0.2, 0) is 0 Å². The van der Waals surface area contributed by atoms with E-state index in [1.165, 1.54) is 10.5 Å². The van der Waals surface area contributed by atoms with Crippen LogP contribution in [0.5, 0.6) is 0 Å². The standard InChI is InChI=1S/C15H14FN3/c1-10-4-3-5-11(2)14(10)18-12-6-7-13(16)19-9-8-17-15(12)19/h3-9,18H,1-2H3. The molecule has 1 aromatic carbocycles. The van der Waals surface area contributed by atoms with E-state index in [9.17, 15) is 4.39 Å². The molecule has 19 heavy (non-hydrogen) atoms.